The predicted molar refractivity (Wildman–Crippen MR) is 128 cm³/mol. The minimum absolute atomic E-state index is 0.0158. The molecule has 1 aliphatic rings. The number of benzene rings is 2. The second-order valence-electron chi connectivity index (χ2n) is 8.82. The zero-order chi connectivity index (χ0) is 24.0. The Kier molecular flexibility index (Phi) is 8.37. The SMILES string of the molecule is COc1ccc([C@@H](CC(C)C)NC(=O)C2CCN(S(=O)(=O)c3ccc(OC)cc3)CC2)cc1. The molecular formula is C25H34N2O5S. The highest BCUT2D eigenvalue weighted by Gasteiger charge is 2.33. The van der Waals surface area contributed by atoms with E-state index in [1.54, 1.807) is 38.5 Å². The summed E-state index contributed by atoms with van der Waals surface area (Å²) in [7, 11) is -0.421. The van der Waals surface area contributed by atoms with Gasteiger partial charge in [0, 0.05) is 19.0 Å². The number of sulfonamides is 1. The molecule has 8 heteroatoms. The van der Waals surface area contributed by atoms with E-state index in [1.165, 1.54) is 4.31 Å². The van der Waals surface area contributed by atoms with Crippen LogP contribution in [0.3, 0.4) is 0 Å². The second kappa shape index (κ2) is 11.0. The average Bonchev–Trinajstić information content (AvgIpc) is 2.83. The first-order chi connectivity index (χ1) is 15.7. The van der Waals surface area contributed by atoms with Crippen LogP contribution < -0.4 is 14.8 Å². The standard InChI is InChI=1S/C25H34N2O5S/c1-18(2)17-24(19-5-7-21(31-3)8-6-19)26-25(28)20-13-15-27(16-14-20)33(29,30)23-11-9-22(32-4)10-12-23/h5-12,18,20,24H,13-17H2,1-4H3,(H,26,28)/t24-/m1/s1. The Morgan fingerprint density at radius 1 is 0.970 bits per heavy atom. The molecule has 7 nitrogen and oxygen atoms in total. The number of ether oxygens (including phenoxy) is 2. The zero-order valence-electron chi connectivity index (χ0n) is 19.8. The molecule has 1 atom stereocenters. The highest BCUT2D eigenvalue weighted by atomic mass is 32.2. The van der Waals surface area contributed by atoms with Gasteiger partial charge in [0.15, 0.2) is 0 Å². The molecule has 3 rings (SSSR count). The van der Waals surface area contributed by atoms with Crippen molar-refractivity contribution in [2.24, 2.45) is 11.8 Å². The van der Waals surface area contributed by atoms with Crippen LogP contribution in [-0.2, 0) is 14.8 Å². The van der Waals surface area contributed by atoms with E-state index in [9.17, 15) is 13.2 Å². The maximum Gasteiger partial charge on any atom is 0.243 e. The van der Waals surface area contributed by atoms with Crippen LogP contribution in [0.4, 0.5) is 0 Å². The van der Waals surface area contributed by atoms with Gasteiger partial charge in [-0.3, -0.25) is 4.79 Å². The number of rotatable bonds is 9. The van der Waals surface area contributed by atoms with Crippen molar-refractivity contribution in [2.75, 3.05) is 27.3 Å². The van der Waals surface area contributed by atoms with E-state index in [1.807, 2.05) is 24.3 Å². The topological polar surface area (TPSA) is 84.9 Å². The lowest BCUT2D eigenvalue weighted by Gasteiger charge is -2.32. The largest absolute Gasteiger partial charge is 0.497 e. The molecule has 1 N–H and O–H groups in total. The van der Waals surface area contributed by atoms with Crippen LogP contribution in [0.25, 0.3) is 0 Å². The van der Waals surface area contributed by atoms with Crippen molar-refractivity contribution >= 4 is 15.9 Å². The van der Waals surface area contributed by atoms with E-state index >= 15 is 0 Å². The Bertz CT molecular complexity index is 1010. The molecule has 0 saturated carbocycles. The number of nitrogens with one attached hydrogen (secondary N) is 1. The summed E-state index contributed by atoms with van der Waals surface area (Å²) in [5, 5.41) is 3.21. The minimum Gasteiger partial charge on any atom is -0.497 e. The van der Waals surface area contributed by atoms with E-state index in [-0.39, 0.29) is 22.8 Å². The Morgan fingerprint density at radius 2 is 1.48 bits per heavy atom. The van der Waals surface area contributed by atoms with Crippen LogP contribution in [0.1, 0.15) is 44.7 Å². The Balaban J connectivity index is 1.63. The highest BCUT2D eigenvalue weighted by molar-refractivity contribution is 7.89. The third-order valence-corrected chi connectivity index (χ3v) is 7.98. The fourth-order valence-corrected chi connectivity index (χ4v) is 5.60. The average molecular weight is 475 g/mol. The fraction of sp³-hybridized carbons (Fsp3) is 0.480. The molecule has 1 fully saturated rings. The number of methoxy groups -OCH3 is 2. The normalized spacial score (nSPS) is 16.4. The summed E-state index contributed by atoms with van der Waals surface area (Å²) in [6.07, 6.45) is 1.82. The Labute approximate surface area is 197 Å². The maximum absolute atomic E-state index is 13.1. The summed E-state index contributed by atoms with van der Waals surface area (Å²) in [6.45, 7) is 4.91. The van der Waals surface area contributed by atoms with Gasteiger partial charge in [-0.1, -0.05) is 26.0 Å². The number of carbonyl (C=O) groups is 1. The van der Waals surface area contributed by atoms with Crippen molar-refractivity contribution in [2.45, 2.75) is 44.0 Å². The molecule has 2 aromatic rings. The van der Waals surface area contributed by atoms with Crippen molar-refractivity contribution in [3.63, 3.8) is 0 Å². The molecule has 1 amide bonds. The molecule has 2 aromatic carbocycles. The van der Waals surface area contributed by atoms with Gasteiger partial charge in [0.25, 0.3) is 0 Å². The molecule has 0 bridgehead atoms. The Hall–Kier alpha value is -2.58. The van der Waals surface area contributed by atoms with Gasteiger partial charge < -0.3 is 14.8 Å². The summed E-state index contributed by atoms with van der Waals surface area (Å²) >= 11 is 0. The molecule has 0 unspecified atom stereocenters. The molecule has 0 radical (unpaired) electrons. The molecule has 1 aliphatic heterocycles. The van der Waals surface area contributed by atoms with E-state index in [2.05, 4.69) is 19.2 Å². The lowest BCUT2D eigenvalue weighted by Crippen LogP contribution is -2.43. The molecule has 180 valence electrons. The molecule has 1 saturated heterocycles. The number of hydrogen-bond acceptors (Lipinski definition) is 5. The van der Waals surface area contributed by atoms with Crippen LogP contribution in [0.5, 0.6) is 11.5 Å². The lowest BCUT2D eigenvalue weighted by atomic mass is 9.93. The van der Waals surface area contributed by atoms with Crippen LogP contribution >= 0.6 is 0 Å². The monoisotopic (exact) mass is 474 g/mol. The quantitative estimate of drug-likeness (QED) is 0.594. The van der Waals surface area contributed by atoms with Crippen LogP contribution in [-0.4, -0.2) is 45.9 Å². The smallest absolute Gasteiger partial charge is 0.243 e. The van der Waals surface area contributed by atoms with Gasteiger partial charge in [-0.25, -0.2) is 8.42 Å². The third kappa shape index (κ3) is 6.26. The summed E-state index contributed by atoms with van der Waals surface area (Å²) < 4.78 is 37.8. The molecule has 0 aliphatic carbocycles. The van der Waals surface area contributed by atoms with Crippen molar-refractivity contribution in [1.82, 2.24) is 9.62 Å². The first-order valence-electron chi connectivity index (χ1n) is 11.3. The number of piperidine rings is 1. The molecular weight excluding hydrogens is 440 g/mol. The number of carbonyl (C=O) groups excluding carboxylic acids is 1. The van der Waals surface area contributed by atoms with E-state index in [4.69, 9.17) is 9.47 Å². The molecule has 1 heterocycles. The fourth-order valence-electron chi connectivity index (χ4n) is 4.13. The summed E-state index contributed by atoms with van der Waals surface area (Å²) in [4.78, 5) is 13.3. The van der Waals surface area contributed by atoms with Gasteiger partial charge >= 0.3 is 0 Å². The van der Waals surface area contributed by atoms with Crippen LogP contribution in [0.2, 0.25) is 0 Å². The lowest BCUT2D eigenvalue weighted by molar-refractivity contribution is -0.127. The number of hydrogen-bond donors (Lipinski definition) is 1. The Morgan fingerprint density at radius 3 is 1.97 bits per heavy atom. The summed E-state index contributed by atoms with van der Waals surface area (Å²) in [6, 6.07) is 14.1. The van der Waals surface area contributed by atoms with Crippen molar-refractivity contribution in [3.05, 3.63) is 54.1 Å². The molecule has 0 aromatic heterocycles. The number of nitrogens with zero attached hydrogens (tertiary/aromatic N) is 1. The maximum atomic E-state index is 13.1. The van der Waals surface area contributed by atoms with Crippen molar-refractivity contribution < 1.29 is 22.7 Å². The predicted octanol–water partition coefficient (Wildman–Crippen LogP) is 4.01. The third-order valence-electron chi connectivity index (χ3n) is 6.06. The molecule has 33 heavy (non-hydrogen) atoms. The van der Waals surface area contributed by atoms with Gasteiger partial charge in [0.2, 0.25) is 15.9 Å². The van der Waals surface area contributed by atoms with Crippen LogP contribution in [0.15, 0.2) is 53.4 Å². The van der Waals surface area contributed by atoms with Crippen molar-refractivity contribution in [1.29, 1.82) is 0 Å². The number of amides is 1. The second-order valence-corrected chi connectivity index (χ2v) is 10.8. The van der Waals surface area contributed by atoms with Crippen molar-refractivity contribution in [3.8, 4) is 11.5 Å². The van der Waals surface area contributed by atoms with E-state index in [0.29, 0.717) is 37.6 Å². The van der Waals surface area contributed by atoms with Gasteiger partial charge in [-0.15, -0.1) is 0 Å². The first-order valence-corrected chi connectivity index (χ1v) is 12.8. The van der Waals surface area contributed by atoms with E-state index in [0.717, 1.165) is 17.7 Å². The van der Waals surface area contributed by atoms with Gasteiger partial charge in [-0.2, -0.15) is 4.31 Å². The van der Waals surface area contributed by atoms with Crippen LogP contribution in [0, 0.1) is 11.8 Å². The van der Waals surface area contributed by atoms with Gasteiger partial charge in [0.1, 0.15) is 11.5 Å². The van der Waals surface area contributed by atoms with Gasteiger partial charge in [0.05, 0.1) is 25.2 Å². The summed E-state index contributed by atoms with van der Waals surface area (Å²) in [5.41, 5.74) is 1.04. The first kappa shape index (κ1) is 25.1. The summed E-state index contributed by atoms with van der Waals surface area (Å²) in [5.74, 6) is 1.57. The minimum atomic E-state index is -3.59. The van der Waals surface area contributed by atoms with Gasteiger partial charge in [-0.05, 0) is 67.1 Å². The highest BCUT2D eigenvalue weighted by Crippen LogP contribution is 2.28. The molecule has 0 spiro atoms. The van der Waals surface area contributed by atoms with E-state index < -0.39 is 10.0 Å². The zero-order valence-corrected chi connectivity index (χ0v) is 20.6.